The summed E-state index contributed by atoms with van der Waals surface area (Å²) in [6, 6.07) is 17.8. The van der Waals surface area contributed by atoms with Crippen molar-refractivity contribution in [2.75, 3.05) is 11.1 Å². The van der Waals surface area contributed by atoms with Crippen molar-refractivity contribution < 1.29 is 9.90 Å². The van der Waals surface area contributed by atoms with Crippen molar-refractivity contribution in [1.82, 2.24) is 14.8 Å². The lowest BCUT2D eigenvalue weighted by Crippen LogP contribution is -2.09. The van der Waals surface area contributed by atoms with Gasteiger partial charge in [-0.2, -0.15) is 0 Å². The number of aromatic nitrogens is 3. The van der Waals surface area contributed by atoms with Crippen LogP contribution in [0.4, 0.5) is 5.69 Å². The molecule has 0 atom stereocenters. The molecule has 25 heavy (non-hydrogen) atoms. The number of aliphatic carboxylic acids is 1. The third-order valence-corrected chi connectivity index (χ3v) is 4.42. The summed E-state index contributed by atoms with van der Waals surface area (Å²) in [5.74, 6) is -0.219. The Balaban J connectivity index is 1.86. The molecule has 0 aliphatic heterocycles. The van der Waals surface area contributed by atoms with Crippen LogP contribution in [0.5, 0.6) is 0 Å². The molecule has 2 N–H and O–H groups in total. The van der Waals surface area contributed by atoms with Gasteiger partial charge in [0.25, 0.3) is 0 Å². The number of aryl methyl sites for hydroxylation is 1. The van der Waals surface area contributed by atoms with Crippen LogP contribution in [0, 0.1) is 6.92 Å². The number of nitrogens with one attached hydrogen (secondary N) is 1. The van der Waals surface area contributed by atoms with E-state index in [-0.39, 0.29) is 5.75 Å². The van der Waals surface area contributed by atoms with Crippen molar-refractivity contribution in [1.29, 1.82) is 0 Å². The van der Waals surface area contributed by atoms with Crippen LogP contribution in [0.2, 0.25) is 0 Å². The van der Waals surface area contributed by atoms with Crippen LogP contribution in [0.15, 0.2) is 59.8 Å². The van der Waals surface area contributed by atoms with Gasteiger partial charge in [-0.15, -0.1) is 10.2 Å². The van der Waals surface area contributed by atoms with Gasteiger partial charge in [0.1, 0.15) is 0 Å². The van der Waals surface area contributed by atoms with Crippen molar-refractivity contribution in [2.45, 2.75) is 18.6 Å². The van der Waals surface area contributed by atoms with Crippen LogP contribution in [0.1, 0.15) is 11.4 Å². The molecule has 3 rings (SSSR count). The predicted molar refractivity (Wildman–Crippen MR) is 98.2 cm³/mol. The number of anilines is 1. The molecule has 2 aromatic carbocycles. The van der Waals surface area contributed by atoms with Crippen LogP contribution in [0.3, 0.4) is 0 Å². The number of nitrogens with zero attached hydrogens (tertiary/aromatic N) is 3. The molecule has 0 fully saturated rings. The van der Waals surface area contributed by atoms with Crippen molar-refractivity contribution in [3.8, 4) is 5.69 Å². The molecule has 0 amide bonds. The Kier molecular flexibility index (Phi) is 5.35. The molecule has 0 spiro atoms. The van der Waals surface area contributed by atoms with E-state index >= 15 is 0 Å². The summed E-state index contributed by atoms with van der Waals surface area (Å²) in [6.07, 6.45) is 0. The molecule has 3 aromatic rings. The molecule has 0 aliphatic rings. The number of rotatable bonds is 7. The average molecular weight is 354 g/mol. The molecule has 0 aliphatic carbocycles. The number of benzene rings is 2. The zero-order valence-electron chi connectivity index (χ0n) is 13.7. The van der Waals surface area contributed by atoms with E-state index in [1.54, 1.807) is 0 Å². The maximum absolute atomic E-state index is 10.9. The summed E-state index contributed by atoms with van der Waals surface area (Å²) >= 11 is 1.16. The second-order valence-corrected chi connectivity index (χ2v) is 6.42. The van der Waals surface area contributed by atoms with Gasteiger partial charge in [-0.3, -0.25) is 9.36 Å². The lowest BCUT2D eigenvalue weighted by atomic mass is 10.2. The molecule has 0 saturated heterocycles. The Labute approximate surface area is 149 Å². The smallest absolute Gasteiger partial charge is 0.313 e. The van der Waals surface area contributed by atoms with Gasteiger partial charge < -0.3 is 10.4 Å². The minimum absolute atomic E-state index is 0.0593. The fourth-order valence-electron chi connectivity index (χ4n) is 2.41. The Morgan fingerprint density at radius 2 is 1.96 bits per heavy atom. The SMILES string of the molecule is Cc1cccc(NCc2nnc(SCC(=O)O)n2-c2ccccc2)c1. The summed E-state index contributed by atoms with van der Waals surface area (Å²) in [4.78, 5) is 10.9. The second-order valence-electron chi connectivity index (χ2n) is 5.48. The van der Waals surface area contributed by atoms with E-state index in [0.29, 0.717) is 11.7 Å². The highest BCUT2D eigenvalue weighted by Gasteiger charge is 2.15. The molecule has 7 heteroatoms. The zero-order valence-corrected chi connectivity index (χ0v) is 14.5. The molecule has 128 valence electrons. The topological polar surface area (TPSA) is 80.0 Å². The van der Waals surface area contributed by atoms with Gasteiger partial charge in [0.05, 0.1) is 12.3 Å². The third kappa shape index (κ3) is 4.39. The summed E-state index contributed by atoms with van der Waals surface area (Å²) in [5, 5.41) is 21.2. The number of hydrogen-bond acceptors (Lipinski definition) is 5. The van der Waals surface area contributed by atoms with Gasteiger partial charge in [-0.25, -0.2) is 0 Å². The number of thioether (sulfide) groups is 1. The molecule has 1 heterocycles. The highest BCUT2D eigenvalue weighted by Crippen LogP contribution is 2.22. The van der Waals surface area contributed by atoms with E-state index < -0.39 is 5.97 Å². The number of hydrogen-bond donors (Lipinski definition) is 2. The van der Waals surface area contributed by atoms with E-state index in [0.717, 1.165) is 29.0 Å². The maximum Gasteiger partial charge on any atom is 0.313 e. The highest BCUT2D eigenvalue weighted by atomic mass is 32.2. The summed E-state index contributed by atoms with van der Waals surface area (Å²) in [6.45, 7) is 2.53. The zero-order chi connectivity index (χ0) is 17.6. The molecule has 1 aromatic heterocycles. The number of carboxylic acids is 1. The Hall–Kier alpha value is -2.80. The number of carboxylic acid groups (broad SMARTS) is 1. The second kappa shape index (κ2) is 7.85. The van der Waals surface area contributed by atoms with Crippen LogP contribution in [0.25, 0.3) is 5.69 Å². The van der Waals surface area contributed by atoms with Crippen molar-refractivity contribution in [3.05, 3.63) is 66.0 Å². The first kappa shape index (κ1) is 17.0. The first-order valence-corrected chi connectivity index (χ1v) is 8.77. The molecule has 0 unspecified atom stereocenters. The van der Waals surface area contributed by atoms with E-state index in [4.69, 9.17) is 5.11 Å². The Bertz CT molecular complexity index is 865. The summed E-state index contributed by atoms with van der Waals surface area (Å²) < 4.78 is 1.89. The largest absolute Gasteiger partial charge is 0.481 e. The Morgan fingerprint density at radius 1 is 1.16 bits per heavy atom. The molecular weight excluding hydrogens is 336 g/mol. The first-order chi connectivity index (χ1) is 12.1. The van der Waals surface area contributed by atoms with Gasteiger partial charge in [-0.1, -0.05) is 42.1 Å². The quantitative estimate of drug-likeness (QED) is 0.633. The fourth-order valence-corrected chi connectivity index (χ4v) is 3.10. The summed E-state index contributed by atoms with van der Waals surface area (Å²) in [5.41, 5.74) is 3.08. The third-order valence-electron chi connectivity index (χ3n) is 3.51. The van der Waals surface area contributed by atoms with Crippen LogP contribution >= 0.6 is 11.8 Å². The maximum atomic E-state index is 10.9. The Morgan fingerprint density at radius 3 is 2.68 bits per heavy atom. The average Bonchev–Trinajstić information content (AvgIpc) is 3.02. The molecular formula is C18H18N4O2S. The molecule has 0 bridgehead atoms. The van der Waals surface area contributed by atoms with Gasteiger partial charge in [0.2, 0.25) is 0 Å². The normalized spacial score (nSPS) is 10.6. The van der Waals surface area contributed by atoms with Gasteiger partial charge in [-0.05, 0) is 36.8 Å². The number of para-hydroxylation sites is 1. The lowest BCUT2D eigenvalue weighted by Gasteiger charge is -2.11. The molecule has 0 radical (unpaired) electrons. The number of carbonyl (C=O) groups is 1. The van der Waals surface area contributed by atoms with Crippen LogP contribution < -0.4 is 5.32 Å². The van der Waals surface area contributed by atoms with Crippen LogP contribution in [-0.4, -0.2) is 31.6 Å². The van der Waals surface area contributed by atoms with Crippen LogP contribution in [-0.2, 0) is 11.3 Å². The lowest BCUT2D eigenvalue weighted by molar-refractivity contribution is -0.133. The van der Waals surface area contributed by atoms with Gasteiger partial charge >= 0.3 is 5.97 Å². The van der Waals surface area contributed by atoms with E-state index in [1.807, 2.05) is 60.0 Å². The van der Waals surface area contributed by atoms with Crippen molar-refractivity contribution >= 4 is 23.4 Å². The van der Waals surface area contributed by atoms with E-state index in [1.165, 1.54) is 5.56 Å². The minimum atomic E-state index is -0.882. The molecule has 0 saturated carbocycles. The predicted octanol–water partition coefficient (Wildman–Crippen LogP) is 3.36. The van der Waals surface area contributed by atoms with E-state index in [9.17, 15) is 4.79 Å². The standard InChI is InChI=1S/C18H18N4O2S/c1-13-6-5-7-14(10-13)19-11-16-20-21-18(25-12-17(23)24)22(16)15-8-3-2-4-9-15/h2-10,19H,11-12H2,1H3,(H,23,24). The minimum Gasteiger partial charge on any atom is -0.481 e. The molecule has 6 nitrogen and oxygen atoms in total. The van der Waals surface area contributed by atoms with Gasteiger partial charge in [0, 0.05) is 11.4 Å². The monoisotopic (exact) mass is 354 g/mol. The first-order valence-electron chi connectivity index (χ1n) is 7.78. The fraction of sp³-hybridized carbons (Fsp3) is 0.167. The summed E-state index contributed by atoms with van der Waals surface area (Å²) in [7, 11) is 0. The van der Waals surface area contributed by atoms with Gasteiger partial charge in [0.15, 0.2) is 11.0 Å². The highest BCUT2D eigenvalue weighted by molar-refractivity contribution is 7.99. The van der Waals surface area contributed by atoms with E-state index in [2.05, 4.69) is 21.6 Å². The van der Waals surface area contributed by atoms with Crippen molar-refractivity contribution in [3.63, 3.8) is 0 Å². The van der Waals surface area contributed by atoms with Crippen molar-refractivity contribution in [2.24, 2.45) is 0 Å².